The lowest BCUT2D eigenvalue weighted by Gasteiger charge is -2.29. The van der Waals surface area contributed by atoms with Crippen LogP contribution in [0.2, 0.25) is 10.0 Å². The van der Waals surface area contributed by atoms with Gasteiger partial charge in [0, 0.05) is 29.7 Å². The van der Waals surface area contributed by atoms with E-state index in [0.717, 1.165) is 41.6 Å². The molecule has 29 heavy (non-hydrogen) atoms. The number of nitrogens with one attached hydrogen (secondary N) is 1. The summed E-state index contributed by atoms with van der Waals surface area (Å²) in [6.45, 7) is 3.07. The minimum Gasteiger partial charge on any atom is -0.352 e. The monoisotopic (exact) mass is 444 g/mol. The molecule has 3 aromatic rings. The van der Waals surface area contributed by atoms with Crippen molar-refractivity contribution in [3.63, 3.8) is 0 Å². The molecule has 0 amide bonds. The Hall–Kier alpha value is -2.08. The van der Waals surface area contributed by atoms with Crippen LogP contribution in [-0.2, 0) is 0 Å². The molecule has 4 rings (SSSR count). The van der Waals surface area contributed by atoms with E-state index >= 15 is 0 Å². The van der Waals surface area contributed by atoms with Crippen molar-refractivity contribution in [1.82, 2.24) is 19.8 Å². The number of thiocarbonyl (C=S) groups is 1. The third kappa shape index (κ3) is 4.00. The van der Waals surface area contributed by atoms with E-state index in [1.54, 1.807) is 6.07 Å². The summed E-state index contributed by atoms with van der Waals surface area (Å²) < 4.78 is 2.12. The second-order valence-corrected chi connectivity index (χ2v) is 8.30. The highest BCUT2D eigenvalue weighted by atomic mass is 35.5. The van der Waals surface area contributed by atoms with Crippen LogP contribution in [0.4, 0.5) is 0 Å². The normalized spacial score (nSPS) is 18.9. The maximum Gasteiger partial charge on any atom is 0.170 e. The lowest BCUT2D eigenvalue weighted by Crippen LogP contribution is -2.31. The van der Waals surface area contributed by atoms with Crippen molar-refractivity contribution in [2.24, 2.45) is 0 Å². The van der Waals surface area contributed by atoms with Crippen molar-refractivity contribution in [2.45, 2.75) is 31.8 Å². The highest BCUT2D eigenvalue weighted by Gasteiger charge is 2.40. The largest absolute Gasteiger partial charge is 0.352 e. The molecule has 2 atom stereocenters. The van der Waals surface area contributed by atoms with Crippen LogP contribution in [0.1, 0.15) is 43.2 Å². The molecule has 7 heteroatoms. The molecular weight excluding hydrogens is 423 g/mol. The Balaban J connectivity index is 1.81. The smallest absolute Gasteiger partial charge is 0.170 e. The fourth-order valence-corrected chi connectivity index (χ4v) is 4.66. The summed E-state index contributed by atoms with van der Waals surface area (Å²) in [4.78, 5) is 6.87. The van der Waals surface area contributed by atoms with Gasteiger partial charge in [-0.15, -0.1) is 0 Å². The molecule has 150 valence electrons. The maximum atomic E-state index is 6.53. The summed E-state index contributed by atoms with van der Waals surface area (Å²) in [6.07, 6.45) is 6.01. The molecule has 1 aliphatic rings. The number of hydrogen-bond acceptors (Lipinski definition) is 2. The van der Waals surface area contributed by atoms with Gasteiger partial charge < -0.3 is 14.8 Å². The Morgan fingerprint density at radius 1 is 1.14 bits per heavy atom. The number of benzene rings is 1. The zero-order chi connectivity index (χ0) is 20.4. The van der Waals surface area contributed by atoms with Gasteiger partial charge in [0.2, 0.25) is 0 Å². The quantitative estimate of drug-likeness (QED) is 0.476. The molecule has 1 N–H and O–H groups in total. The Labute approximate surface area is 186 Å². The van der Waals surface area contributed by atoms with E-state index in [1.807, 2.05) is 48.8 Å². The Morgan fingerprint density at radius 3 is 2.72 bits per heavy atom. The average molecular weight is 445 g/mol. The molecule has 1 saturated heterocycles. The topological polar surface area (TPSA) is 33.1 Å². The van der Waals surface area contributed by atoms with Crippen molar-refractivity contribution in [3.05, 3.63) is 82.4 Å². The number of pyridine rings is 1. The second kappa shape index (κ2) is 8.74. The lowest BCUT2D eigenvalue weighted by atomic mass is 10.0. The molecule has 0 aliphatic carbocycles. The summed E-state index contributed by atoms with van der Waals surface area (Å²) in [7, 11) is 0. The first-order valence-electron chi connectivity index (χ1n) is 9.71. The minimum absolute atomic E-state index is 0.00527. The van der Waals surface area contributed by atoms with Crippen molar-refractivity contribution in [2.75, 3.05) is 6.54 Å². The highest BCUT2D eigenvalue weighted by Crippen LogP contribution is 2.40. The van der Waals surface area contributed by atoms with Crippen LogP contribution in [0.3, 0.4) is 0 Å². The predicted molar refractivity (Wildman–Crippen MR) is 123 cm³/mol. The van der Waals surface area contributed by atoms with Crippen molar-refractivity contribution in [3.8, 4) is 5.69 Å². The van der Waals surface area contributed by atoms with E-state index < -0.39 is 0 Å². The van der Waals surface area contributed by atoms with E-state index in [1.165, 1.54) is 0 Å². The van der Waals surface area contributed by atoms with Gasteiger partial charge in [0.05, 0.1) is 28.5 Å². The SMILES string of the molecule is CCCCN1C(=S)NC(c2ccccn2)C1c1cccn1-c1ccc(Cl)cc1Cl. The van der Waals surface area contributed by atoms with E-state index in [-0.39, 0.29) is 12.1 Å². The van der Waals surface area contributed by atoms with Crippen molar-refractivity contribution in [1.29, 1.82) is 0 Å². The maximum absolute atomic E-state index is 6.53. The number of rotatable bonds is 6. The van der Waals surface area contributed by atoms with Crippen LogP contribution in [0.15, 0.2) is 60.9 Å². The van der Waals surface area contributed by atoms with Gasteiger partial charge in [0.25, 0.3) is 0 Å². The minimum atomic E-state index is -0.0414. The zero-order valence-electron chi connectivity index (χ0n) is 16.1. The van der Waals surface area contributed by atoms with Gasteiger partial charge in [0.1, 0.15) is 0 Å². The van der Waals surface area contributed by atoms with Crippen LogP contribution in [-0.4, -0.2) is 26.1 Å². The predicted octanol–water partition coefficient (Wildman–Crippen LogP) is 5.95. The number of aromatic nitrogens is 2. The lowest BCUT2D eigenvalue weighted by molar-refractivity contribution is 0.304. The molecule has 4 nitrogen and oxygen atoms in total. The molecular formula is C22H22Cl2N4S. The Kier molecular flexibility index (Phi) is 6.09. The molecule has 1 fully saturated rings. The number of hydrogen-bond donors (Lipinski definition) is 1. The first-order valence-corrected chi connectivity index (χ1v) is 10.9. The van der Waals surface area contributed by atoms with Crippen molar-refractivity contribution >= 4 is 40.5 Å². The van der Waals surface area contributed by atoms with Gasteiger partial charge in [-0.1, -0.05) is 42.6 Å². The van der Waals surface area contributed by atoms with Gasteiger partial charge >= 0.3 is 0 Å². The molecule has 2 unspecified atom stereocenters. The third-order valence-electron chi connectivity index (χ3n) is 5.20. The molecule has 1 aromatic carbocycles. The number of halogens is 2. The van der Waals surface area contributed by atoms with Gasteiger partial charge in [-0.25, -0.2) is 0 Å². The Morgan fingerprint density at radius 2 is 2.00 bits per heavy atom. The van der Waals surface area contributed by atoms with Crippen LogP contribution < -0.4 is 5.32 Å². The summed E-state index contributed by atoms with van der Waals surface area (Å²) >= 11 is 18.4. The molecule has 2 aromatic heterocycles. The first-order chi connectivity index (χ1) is 14.1. The van der Waals surface area contributed by atoms with Gasteiger partial charge in [-0.05, 0) is 61.1 Å². The molecule has 3 heterocycles. The van der Waals surface area contributed by atoms with E-state index in [0.29, 0.717) is 10.0 Å². The molecule has 0 bridgehead atoms. The standard InChI is InChI=1S/C22H22Cl2N4S/c1-2-3-12-28-21(20(26-22(28)29)17-7-4-5-11-25-17)19-8-6-13-27(19)18-10-9-15(23)14-16(18)24/h4-11,13-14,20-21H,2-3,12H2,1H3,(H,26,29). The highest BCUT2D eigenvalue weighted by molar-refractivity contribution is 7.80. The van der Waals surface area contributed by atoms with Gasteiger partial charge in [0.15, 0.2) is 5.11 Å². The molecule has 0 radical (unpaired) electrons. The third-order valence-corrected chi connectivity index (χ3v) is 6.09. The van der Waals surface area contributed by atoms with Crippen LogP contribution in [0.5, 0.6) is 0 Å². The van der Waals surface area contributed by atoms with Crippen LogP contribution in [0, 0.1) is 0 Å². The number of unbranched alkanes of at least 4 members (excludes halogenated alkanes) is 1. The second-order valence-electron chi connectivity index (χ2n) is 7.07. The summed E-state index contributed by atoms with van der Waals surface area (Å²) in [6, 6.07) is 15.7. The fraction of sp³-hybridized carbons (Fsp3) is 0.273. The van der Waals surface area contributed by atoms with Crippen LogP contribution >= 0.6 is 35.4 Å². The summed E-state index contributed by atoms with van der Waals surface area (Å²) in [5.74, 6) is 0. The van der Waals surface area contributed by atoms with Gasteiger partial charge in [-0.3, -0.25) is 4.98 Å². The summed E-state index contributed by atoms with van der Waals surface area (Å²) in [5.41, 5.74) is 2.96. The molecule has 0 saturated carbocycles. The van der Waals surface area contributed by atoms with Crippen molar-refractivity contribution < 1.29 is 0 Å². The average Bonchev–Trinajstić information content (AvgIpc) is 3.31. The Bertz CT molecular complexity index is 1010. The van der Waals surface area contributed by atoms with E-state index in [2.05, 4.69) is 32.8 Å². The van der Waals surface area contributed by atoms with E-state index in [4.69, 9.17) is 35.4 Å². The zero-order valence-corrected chi connectivity index (χ0v) is 18.4. The number of nitrogens with zero attached hydrogens (tertiary/aromatic N) is 3. The van der Waals surface area contributed by atoms with E-state index in [9.17, 15) is 0 Å². The molecule has 1 aliphatic heterocycles. The fourth-order valence-electron chi connectivity index (χ4n) is 3.83. The molecule has 0 spiro atoms. The summed E-state index contributed by atoms with van der Waals surface area (Å²) in [5, 5.41) is 5.48. The first kappa shape index (κ1) is 20.2. The van der Waals surface area contributed by atoms with Crippen LogP contribution in [0.25, 0.3) is 5.69 Å². The van der Waals surface area contributed by atoms with Gasteiger partial charge in [-0.2, -0.15) is 0 Å².